The number of amides is 1. The SMILES string of the molecule is CC(=O)Nc1nc(C)c(S(=O)(=O)N2CCCCC2)s1. The number of aromatic nitrogens is 1. The third kappa shape index (κ3) is 3.13. The summed E-state index contributed by atoms with van der Waals surface area (Å²) in [6.07, 6.45) is 2.87. The van der Waals surface area contributed by atoms with Crippen molar-refractivity contribution in [2.24, 2.45) is 0 Å². The average Bonchev–Trinajstić information content (AvgIpc) is 2.71. The second-order valence-corrected chi connectivity index (χ2v) is 7.67. The molecule has 1 aliphatic heterocycles. The zero-order valence-electron chi connectivity index (χ0n) is 11.0. The van der Waals surface area contributed by atoms with Gasteiger partial charge in [-0.25, -0.2) is 13.4 Å². The second kappa shape index (κ2) is 5.56. The van der Waals surface area contributed by atoms with Crippen molar-refractivity contribution in [3.8, 4) is 0 Å². The first kappa shape index (κ1) is 14.4. The van der Waals surface area contributed by atoms with E-state index in [4.69, 9.17) is 0 Å². The third-order valence-corrected chi connectivity index (χ3v) is 6.48. The number of sulfonamides is 1. The van der Waals surface area contributed by atoms with E-state index < -0.39 is 10.0 Å². The van der Waals surface area contributed by atoms with Crippen LogP contribution in [0.2, 0.25) is 0 Å². The molecule has 6 nitrogen and oxygen atoms in total. The van der Waals surface area contributed by atoms with Crippen LogP contribution in [-0.4, -0.2) is 36.7 Å². The maximum atomic E-state index is 12.5. The van der Waals surface area contributed by atoms with Crippen molar-refractivity contribution in [2.75, 3.05) is 18.4 Å². The lowest BCUT2D eigenvalue weighted by Gasteiger charge is -2.25. The van der Waals surface area contributed by atoms with Crippen LogP contribution >= 0.6 is 11.3 Å². The molecule has 2 heterocycles. The Hall–Kier alpha value is -0.990. The normalized spacial score (nSPS) is 17.4. The Labute approximate surface area is 116 Å². The Morgan fingerprint density at radius 2 is 1.95 bits per heavy atom. The number of hydrogen-bond acceptors (Lipinski definition) is 5. The van der Waals surface area contributed by atoms with E-state index in [1.165, 1.54) is 11.2 Å². The van der Waals surface area contributed by atoms with Gasteiger partial charge in [0.15, 0.2) is 9.34 Å². The van der Waals surface area contributed by atoms with Crippen LogP contribution < -0.4 is 5.32 Å². The predicted octanol–water partition coefficient (Wildman–Crippen LogP) is 1.58. The number of carbonyl (C=O) groups excluding carboxylic acids is 1. The Morgan fingerprint density at radius 1 is 1.32 bits per heavy atom. The van der Waals surface area contributed by atoms with Gasteiger partial charge in [-0.2, -0.15) is 4.31 Å². The fraction of sp³-hybridized carbons (Fsp3) is 0.636. The number of anilines is 1. The van der Waals surface area contributed by atoms with Crippen molar-refractivity contribution in [1.29, 1.82) is 0 Å². The average molecular weight is 303 g/mol. The predicted molar refractivity (Wildman–Crippen MR) is 73.8 cm³/mol. The Balaban J connectivity index is 2.29. The maximum Gasteiger partial charge on any atom is 0.254 e. The monoisotopic (exact) mass is 303 g/mol. The van der Waals surface area contributed by atoms with Crippen LogP contribution in [-0.2, 0) is 14.8 Å². The van der Waals surface area contributed by atoms with Crippen LogP contribution in [0.15, 0.2) is 4.21 Å². The van der Waals surface area contributed by atoms with Gasteiger partial charge in [0.05, 0.1) is 5.69 Å². The minimum atomic E-state index is -3.47. The molecular weight excluding hydrogens is 286 g/mol. The van der Waals surface area contributed by atoms with Gasteiger partial charge in [-0.3, -0.25) is 4.79 Å². The molecule has 0 aromatic carbocycles. The highest BCUT2D eigenvalue weighted by Gasteiger charge is 2.30. The molecule has 0 atom stereocenters. The zero-order valence-corrected chi connectivity index (χ0v) is 12.6. The molecule has 1 aromatic heterocycles. The van der Waals surface area contributed by atoms with Crippen LogP contribution in [0.1, 0.15) is 31.9 Å². The van der Waals surface area contributed by atoms with E-state index in [-0.39, 0.29) is 10.1 Å². The van der Waals surface area contributed by atoms with Crippen molar-refractivity contribution in [3.05, 3.63) is 5.69 Å². The fourth-order valence-electron chi connectivity index (χ4n) is 2.05. The van der Waals surface area contributed by atoms with Crippen molar-refractivity contribution >= 4 is 32.4 Å². The maximum absolute atomic E-state index is 12.5. The number of hydrogen-bond donors (Lipinski definition) is 1. The summed E-state index contributed by atoms with van der Waals surface area (Å²) >= 11 is 1.02. The number of rotatable bonds is 3. The molecule has 0 unspecified atom stereocenters. The lowest BCUT2D eigenvalue weighted by molar-refractivity contribution is -0.114. The summed E-state index contributed by atoms with van der Waals surface area (Å²) in [6, 6.07) is 0. The zero-order chi connectivity index (χ0) is 14.0. The molecule has 0 radical (unpaired) electrons. The van der Waals surface area contributed by atoms with Gasteiger partial charge >= 0.3 is 0 Å². The first-order valence-electron chi connectivity index (χ1n) is 6.16. The summed E-state index contributed by atoms with van der Waals surface area (Å²) in [6.45, 7) is 4.15. The minimum absolute atomic E-state index is 0.234. The Kier molecular flexibility index (Phi) is 4.22. The third-order valence-electron chi connectivity index (χ3n) is 2.93. The van der Waals surface area contributed by atoms with E-state index in [1.54, 1.807) is 6.92 Å². The van der Waals surface area contributed by atoms with E-state index in [1.807, 2.05) is 0 Å². The molecule has 1 amide bonds. The lowest BCUT2D eigenvalue weighted by Crippen LogP contribution is -2.35. The highest BCUT2D eigenvalue weighted by atomic mass is 32.2. The summed E-state index contributed by atoms with van der Waals surface area (Å²) in [7, 11) is -3.47. The van der Waals surface area contributed by atoms with Crippen LogP contribution in [0.3, 0.4) is 0 Å². The molecule has 1 aromatic rings. The largest absolute Gasteiger partial charge is 0.302 e. The van der Waals surface area contributed by atoms with Gasteiger partial charge < -0.3 is 5.32 Å². The van der Waals surface area contributed by atoms with Gasteiger partial charge in [0.2, 0.25) is 5.91 Å². The van der Waals surface area contributed by atoms with Crippen molar-refractivity contribution in [2.45, 2.75) is 37.3 Å². The van der Waals surface area contributed by atoms with Crippen molar-refractivity contribution < 1.29 is 13.2 Å². The van der Waals surface area contributed by atoms with E-state index >= 15 is 0 Å². The van der Waals surface area contributed by atoms with Crippen LogP contribution in [0.5, 0.6) is 0 Å². The molecule has 0 bridgehead atoms. The quantitative estimate of drug-likeness (QED) is 0.919. The smallest absolute Gasteiger partial charge is 0.254 e. The van der Waals surface area contributed by atoms with Crippen LogP contribution in [0.4, 0.5) is 5.13 Å². The van der Waals surface area contributed by atoms with Gasteiger partial charge in [-0.05, 0) is 19.8 Å². The minimum Gasteiger partial charge on any atom is -0.302 e. The number of aryl methyl sites for hydroxylation is 1. The number of piperidine rings is 1. The molecule has 106 valence electrons. The van der Waals surface area contributed by atoms with Crippen molar-refractivity contribution in [1.82, 2.24) is 9.29 Å². The molecule has 0 aliphatic carbocycles. The van der Waals surface area contributed by atoms with Gasteiger partial charge in [-0.1, -0.05) is 17.8 Å². The summed E-state index contributed by atoms with van der Waals surface area (Å²) in [5.41, 5.74) is 0.444. The number of nitrogens with one attached hydrogen (secondary N) is 1. The molecule has 0 spiro atoms. The molecule has 1 saturated heterocycles. The first-order chi connectivity index (χ1) is 8.91. The van der Waals surface area contributed by atoms with Gasteiger partial charge in [0.1, 0.15) is 0 Å². The molecule has 1 aliphatic rings. The topological polar surface area (TPSA) is 79.4 Å². The molecular formula is C11H17N3O3S2. The highest BCUT2D eigenvalue weighted by molar-refractivity contribution is 7.91. The first-order valence-corrected chi connectivity index (χ1v) is 8.42. The van der Waals surface area contributed by atoms with E-state index in [2.05, 4.69) is 10.3 Å². The van der Waals surface area contributed by atoms with Crippen LogP contribution in [0.25, 0.3) is 0 Å². The number of thiazole rings is 1. The van der Waals surface area contributed by atoms with Crippen LogP contribution in [0, 0.1) is 6.92 Å². The molecule has 8 heteroatoms. The lowest BCUT2D eigenvalue weighted by atomic mass is 10.2. The molecule has 1 fully saturated rings. The van der Waals surface area contributed by atoms with E-state index in [0.717, 1.165) is 30.6 Å². The molecule has 19 heavy (non-hydrogen) atoms. The van der Waals surface area contributed by atoms with Gasteiger partial charge in [0.25, 0.3) is 10.0 Å². The second-order valence-electron chi connectivity index (χ2n) is 4.54. The summed E-state index contributed by atoms with van der Waals surface area (Å²) < 4.78 is 26.7. The summed E-state index contributed by atoms with van der Waals surface area (Å²) in [5.74, 6) is -0.254. The molecule has 1 N–H and O–H groups in total. The van der Waals surface area contributed by atoms with E-state index in [9.17, 15) is 13.2 Å². The molecule has 0 saturated carbocycles. The fourth-order valence-corrected chi connectivity index (χ4v) is 5.16. The number of carbonyl (C=O) groups is 1. The Bertz CT molecular complexity index is 574. The van der Waals surface area contributed by atoms with Gasteiger partial charge in [0, 0.05) is 20.0 Å². The summed E-state index contributed by atoms with van der Waals surface area (Å²) in [4.78, 5) is 15.1. The molecule has 2 rings (SSSR count). The standard InChI is InChI=1S/C11H17N3O3S2/c1-8-10(18-11(12-8)13-9(2)15)19(16,17)14-6-4-3-5-7-14/h3-7H2,1-2H3,(H,12,13,15). The van der Waals surface area contributed by atoms with E-state index in [0.29, 0.717) is 23.9 Å². The van der Waals surface area contributed by atoms with Crippen molar-refractivity contribution in [3.63, 3.8) is 0 Å². The highest BCUT2D eigenvalue weighted by Crippen LogP contribution is 2.30. The van der Waals surface area contributed by atoms with Gasteiger partial charge in [-0.15, -0.1) is 0 Å². The number of nitrogens with zero attached hydrogens (tertiary/aromatic N) is 2. The summed E-state index contributed by atoms with van der Waals surface area (Å²) in [5, 5.41) is 2.86. The Morgan fingerprint density at radius 3 is 2.53 bits per heavy atom.